The van der Waals surface area contributed by atoms with Crippen molar-refractivity contribution in [3.8, 4) is 5.75 Å². The van der Waals surface area contributed by atoms with E-state index in [-0.39, 0.29) is 0 Å². The second-order valence-electron chi connectivity index (χ2n) is 4.57. The smallest absolute Gasteiger partial charge is 0.130 e. The zero-order valence-corrected chi connectivity index (χ0v) is 11.8. The van der Waals surface area contributed by atoms with Crippen LogP contribution in [0.5, 0.6) is 5.75 Å². The van der Waals surface area contributed by atoms with Gasteiger partial charge in [-0.05, 0) is 37.2 Å². The summed E-state index contributed by atoms with van der Waals surface area (Å²) in [6.07, 6.45) is 0.951. The number of ether oxygens (including phenoxy) is 1. The van der Waals surface area contributed by atoms with Crippen LogP contribution in [0.1, 0.15) is 23.9 Å². The van der Waals surface area contributed by atoms with Crippen LogP contribution in [0, 0.1) is 0 Å². The first-order chi connectivity index (χ1) is 9.22. The van der Waals surface area contributed by atoms with Crippen LogP contribution in [-0.4, -0.2) is 16.8 Å². The molecule has 0 radical (unpaired) electrons. The number of benzene rings is 1. The monoisotopic (exact) mass is 259 g/mol. The second-order valence-corrected chi connectivity index (χ2v) is 4.57. The van der Waals surface area contributed by atoms with Gasteiger partial charge in [0.15, 0.2) is 0 Å². The van der Waals surface area contributed by atoms with Crippen LogP contribution < -0.4 is 10.1 Å². The predicted molar refractivity (Wildman–Crippen MR) is 76.1 cm³/mol. The van der Waals surface area contributed by atoms with Crippen molar-refractivity contribution in [2.75, 3.05) is 7.05 Å². The van der Waals surface area contributed by atoms with E-state index in [9.17, 15) is 0 Å². The van der Waals surface area contributed by atoms with Gasteiger partial charge < -0.3 is 10.1 Å². The molecule has 0 unspecified atom stereocenters. The number of nitrogens with one attached hydrogen (secondary N) is 1. The lowest BCUT2D eigenvalue weighted by atomic mass is 10.2. The highest BCUT2D eigenvalue weighted by Crippen LogP contribution is 2.14. The Hall–Kier alpha value is -1.81. The van der Waals surface area contributed by atoms with Crippen molar-refractivity contribution in [2.45, 2.75) is 26.5 Å². The molecule has 0 aliphatic heterocycles. The van der Waals surface area contributed by atoms with Crippen molar-refractivity contribution in [3.05, 3.63) is 47.3 Å². The second kappa shape index (κ2) is 6.38. The molecule has 102 valence electrons. The summed E-state index contributed by atoms with van der Waals surface area (Å²) in [6, 6.07) is 10.3. The van der Waals surface area contributed by atoms with Crippen molar-refractivity contribution >= 4 is 0 Å². The van der Waals surface area contributed by atoms with Gasteiger partial charge in [-0.2, -0.15) is 5.10 Å². The summed E-state index contributed by atoms with van der Waals surface area (Å²) in [5, 5.41) is 7.53. The molecule has 0 spiro atoms. The van der Waals surface area contributed by atoms with Gasteiger partial charge in [0, 0.05) is 13.6 Å². The molecule has 0 amide bonds. The van der Waals surface area contributed by atoms with Crippen LogP contribution in [0.15, 0.2) is 30.3 Å². The largest absolute Gasteiger partial charge is 0.487 e. The molecular formula is C15H21N3O. The van der Waals surface area contributed by atoms with Crippen LogP contribution in [0.25, 0.3) is 0 Å². The summed E-state index contributed by atoms with van der Waals surface area (Å²) in [4.78, 5) is 0. The highest BCUT2D eigenvalue weighted by atomic mass is 16.5. The van der Waals surface area contributed by atoms with Crippen molar-refractivity contribution in [3.63, 3.8) is 0 Å². The van der Waals surface area contributed by atoms with E-state index < -0.39 is 0 Å². The Bertz CT molecular complexity index is 517. The minimum atomic E-state index is 0.550. The maximum Gasteiger partial charge on any atom is 0.130 e. The third-order valence-corrected chi connectivity index (χ3v) is 3.08. The van der Waals surface area contributed by atoms with Crippen molar-refractivity contribution in [1.82, 2.24) is 15.1 Å². The third-order valence-electron chi connectivity index (χ3n) is 3.08. The standard InChI is InChI=1S/C15H21N3O/c1-4-13-9-14(18(3)17-13)11-19-15-7-5-12(6-8-15)10-16-2/h5-9,16H,4,10-11H2,1-3H3. The summed E-state index contributed by atoms with van der Waals surface area (Å²) in [5.41, 5.74) is 3.45. The molecule has 2 aromatic rings. The number of rotatable bonds is 6. The van der Waals surface area contributed by atoms with E-state index in [1.165, 1.54) is 5.56 Å². The predicted octanol–water partition coefficient (Wildman–Crippen LogP) is 2.28. The molecule has 1 heterocycles. The van der Waals surface area contributed by atoms with Gasteiger partial charge in [-0.15, -0.1) is 0 Å². The molecule has 2 rings (SSSR count). The molecule has 0 atom stereocenters. The van der Waals surface area contributed by atoms with Crippen LogP contribution in [0.4, 0.5) is 0 Å². The Kier molecular flexibility index (Phi) is 4.58. The van der Waals surface area contributed by atoms with E-state index in [0.717, 1.165) is 30.1 Å². The Morgan fingerprint density at radius 2 is 2.00 bits per heavy atom. The molecule has 1 aromatic carbocycles. The normalized spacial score (nSPS) is 10.7. The van der Waals surface area contributed by atoms with E-state index in [0.29, 0.717) is 6.61 Å². The zero-order chi connectivity index (χ0) is 13.7. The third kappa shape index (κ3) is 3.58. The molecule has 1 aromatic heterocycles. The average Bonchev–Trinajstić information content (AvgIpc) is 2.79. The van der Waals surface area contributed by atoms with Gasteiger partial charge in [-0.1, -0.05) is 19.1 Å². The number of hydrogen-bond donors (Lipinski definition) is 1. The fraction of sp³-hybridized carbons (Fsp3) is 0.400. The molecule has 19 heavy (non-hydrogen) atoms. The van der Waals surface area contributed by atoms with Gasteiger partial charge in [0.2, 0.25) is 0 Å². The molecular weight excluding hydrogens is 238 g/mol. The maximum absolute atomic E-state index is 5.78. The number of aromatic nitrogens is 2. The molecule has 0 saturated carbocycles. The highest BCUT2D eigenvalue weighted by molar-refractivity contribution is 5.27. The number of nitrogens with zero attached hydrogens (tertiary/aromatic N) is 2. The molecule has 0 fully saturated rings. The SMILES string of the molecule is CCc1cc(COc2ccc(CNC)cc2)n(C)n1. The Balaban J connectivity index is 1.95. The minimum absolute atomic E-state index is 0.550. The Labute approximate surface area is 114 Å². The van der Waals surface area contributed by atoms with E-state index in [1.54, 1.807) is 0 Å². The lowest BCUT2D eigenvalue weighted by Gasteiger charge is -2.07. The quantitative estimate of drug-likeness (QED) is 0.865. The molecule has 4 heteroatoms. The van der Waals surface area contributed by atoms with Crippen LogP contribution in [0.2, 0.25) is 0 Å². The lowest BCUT2D eigenvalue weighted by Crippen LogP contribution is -2.05. The molecule has 0 saturated heterocycles. The number of aryl methyl sites for hydroxylation is 2. The van der Waals surface area contributed by atoms with Gasteiger partial charge in [-0.25, -0.2) is 0 Å². The summed E-state index contributed by atoms with van der Waals surface area (Å²) in [5.74, 6) is 0.888. The Morgan fingerprint density at radius 1 is 1.26 bits per heavy atom. The Morgan fingerprint density at radius 3 is 2.58 bits per heavy atom. The first kappa shape index (κ1) is 13.6. The lowest BCUT2D eigenvalue weighted by molar-refractivity contribution is 0.295. The fourth-order valence-corrected chi connectivity index (χ4v) is 1.94. The molecule has 0 aliphatic rings. The first-order valence-electron chi connectivity index (χ1n) is 6.61. The van der Waals surface area contributed by atoms with Crippen molar-refractivity contribution in [2.24, 2.45) is 7.05 Å². The van der Waals surface area contributed by atoms with Gasteiger partial charge in [0.05, 0.1) is 11.4 Å². The topological polar surface area (TPSA) is 39.1 Å². The van der Waals surface area contributed by atoms with E-state index >= 15 is 0 Å². The van der Waals surface area contributed by atoms with Crippen LogP contribution >= 0.6 is 0 Å². The highest BCUT2D eigenvalue weighted by Gasteiger charge is 2.04. The number of hydrogen-bond acceptors (Lipinski definition) is 3. The summed E-state index contributed by atoms with van der Waals surface area (Å²) >= 11 is 0. The van der Waals surface area contributed by atoms with Crippen LogP contribution in [0.3, 0.4) is 0 Å². The summed E-state index contributed by atoms with van der Waals surface area (Å²) in [7, 11) is 3.89. The average molecular weight is 259 g/mol. The van der Waals surface area contributed by atoms with E-state index in [1.807, 2.05) is 30.9 Å². The van der Waals surface area contributed by atoms with Crippen molar-refractivity contribution in [1.29, 1.82) is 0 Å². The first-order valence-corrected chi connectivity index (χ1v) is 6.61. The van der Waals surface area contributed by atoms with Crippen molar-refractivity contribution < 1.29 is 4.74 Å². The van der Waals surface area contributed by atoms with Gasteiger partial charge >= 0.3 is 0 Å². The molecule has 0 bridgehead atoms. The van der Waals surface area contributed by atoms with E-state index in [2.05, 4.69) is 35.5 Å². The van der Waals surface area contributed by atoms with E-state index in [4.69, 9.17) is 4.74 Å². The molecule has 1 N–H and O–H groups in total. The summed E-state index contributed by atoms with van der Waals surface area (Å²) < 4.78 is 7.67. The minimum Gasteiger partial charge on any atom is -0.487 e. The molecule has 4 nitrogen and oxygen atoms in total. The van der Waals surface area contributed by atoms with Crippen LogP contribution in [-0.2, 0) is 26.6 Å². The van der Waals surface area contributed by atoms with Gasteiger partial charge in [0.25, 0.3) is 0 Å². The molecule has 0 aliphatic carbocycles. The fourth-order valence-electron chi connectivity index (χ4n) is 1.94. The van der Waals surface area contributed by atoms with Gasteiger partial charge in [0.1, 0.15) is 12.4 Å². The summed E-state index contributed by atoms with van der Waals surface area (Å²) in [6.45, 7) is 3.53. The maximum atomic E-state index is 5.78. The van der Waals surface area contributed by atoms with Gasteiger partial charge in [-0.3, -0.25) is 4.68 Å². The zero-order valence-electron chi connectivity index (χ0n) is 11.8.